The van der Waals surface area contributed by atoms with Crippen molar-refractivity contribution in [2.75, 3.05) is 0 Å². The normalized spacial score (nSPS) is 14.7. The lowest BCUT2D eigenvalue weighted by Gasteiger charge is -2.15. The van der Waals surface area contributed by atoms with E-state index in [2.05, 4.69) is 0 Å². The monoisotopic (exact) mass is 194 g/mol. The summed E-state index contributed by atoms with van der Waals surface area (Å²) in [5.74, 6) is -0.687. The van der Waals surface area contributed by atoms with E-state index in [0.29, 0.717) is 6.42 Å². The van der Waals surface area contributed by atoms with E-state index in [0.717, 1.165) is 5.56 Å². The standard InChI is InChI=1S/C10H14N2O2/c11-9(10(12)14)8(13)6-7-4-2-1-3-5-7/h1-5,8-9,13H,6,11H2,(H2,12,14). The van der Waals surface area contributed by atoms with Crippen LogP contribution in [0.1, 0.15) is 5.56 Å². The average molecular weight is 194 g/mol. The minimum absolute atomic E-state index is 0.338. The number of primary amides is 1. The number of rotatable bonds is 4. The third-order valence-corrected chi connectivity index (χ3v) is 2.03. The van der Waals surface area contributed by atoms with Crippen LogP contribution >= 0.6 is 0 Å². The molecule has 1 aromatic carbocycles. The van der Waals surface area contributed by atoms with Crippen LogP contribution in [0, 0.1) is 0 Å². The maximum atomic E-state index is 10.7. The minimum atomic E-state index is -1.00. The second kappa shape index (κ2) is 4.74. The first-order chi connectivity index (χ1) is 6.61. The van der Waals surface area contributed by atoms with Crippen LogP contribution in [0.5, 0.6) is 0 Å². The molecular formula is C10H14N2O2. The van der Waals surface area contributed by atoms with Gasteiger partial charge < -0.3 is 16.6 Å². The Morgan fingerprint density at radius 2 is 1.93 bits per heavy atom. The van der Waals surface area contributed by atoms with Gasteiger partial charge in [-0.3, -0.25) is 4.79 Å². The maximum Gasteiger partial charge on any atom is 0.237 e. The molecule has 76 valence electrons. The Balaban J connectivity index is 2.57. The van der Waals surface area contributed by atoms with Gasteiger partial charge in [0.25, 0.3) is 0 Å². The molecule has 4 nitrogen and oxygen atoms in total. The average Bonchev–Trinajstić information content (AvgIpc) is 2.18. The number of hydrogen-bond acceptors (Lipinski definition) is 3. The van der Waals surface area contributed by atoms with Crippen LogP contribution in [0.25, 0.3) is 0 Å². The van der Waals surface area contributed by atoms with Crippen LogP contribution < -0.4 is 11.5 Å². The van der Waals surface area contributed by atoms with Crippen molar-refractivity contribution in [2.24, 2.45) is 11.5 Å². The van der Waals surface area contributed by atoms with Gasteiger partial charge in [0.15, 0.2) is 0 Å². The van der Waals surface area contributed by atoms with Crippen LogP contribution in [0.15, 0.2) is 30.3 Å². The summed E-state index contributed by atoms with van der Waals surface area (Å²) in [7, 11) is 0. The zero-order valence-corrected chi connectivity index (χ0v) is 7.76. The second-order valence-electron chi connectivity index (χ2n) is 3.19. The van der Waals surface area contributed by atoms with Crippen LogP contribution in [-0.2, 0) is 11.2 Å². The highest BCUT2D eigenvalue weighted by atomic mass is 16.3. The number of hydrogen-bond donors (Lipinski definition) is 3. The first-order valence-corrected chi connectivity index (χ1v) is 4.38. The Labute approximate surface area is 82.5 Å². The molecule has 0 saturated heterocycles. The number of aliphatic hydroxyl groups is 1. The van der Waals surface area contributed by atoms with Gasteiger partial charge in [-0.25, -0.2) is 0 Å². The number of aliphatic hydroxyl groups excluding tert-OH is 1. The first-order valence-electron chi connectivity index (χ1n) is 4.38. The van der Waals surface area contributed by atoms with E-state index in [1.807, 2.05) is 30.3 Å². The lowest BCUT2D eigenvalue weighted by Crippen LogP contribution is -2.46. The summed E-state index contributed by atoms with van der Waals surface area (Å²) in [6, 6.07) is 8.31. The summed E-state index contributed by atoms with van der Waals surface area (Å²) in [5.41, 5.74) is 11.3. The molecule has 1 rings (SSSR count). The predicted molar refractivity (Wildman–Crippen MR) is 53.3 cm³/mol. The second-order valence-corrected chi connectivity index (χ2v) is 3.19. The number of carbonyl (C=O) groups excluding carboxylic acids is 1. The van der Waals surface area contributed by atoms with Crippen LogP contribution in [0.4, 0.5) is 0 Å². The van der Waals surface area contributed by atoms with Crippen molar-refractivity contribution in [3.8, 4) is 0 Å². The van der Waals surface area contributed by atoms with Crippen molar-refractivity contribution in [1.82, 2.24) is 0 Å². The van der Waals surface area contributed by atoms with E-state index in [-0.39, 0.29) is 0 Å². The smallest absolute Gasteiger partial charge is 0.237 e. The number of amides is 1. The van der Waals surface area contributed by atoms with Gasteiger partial charge in [-0.05, 0) is 5.56 Å². The molecule has 5 N–H and O–H groups in total. The van der Waals surface area contributed by atoms with E-state index in [4.69, 9.17) is 11.5 Å². The highest BCUT2D eigenvalue weighted by Crippen LogP contribution is 2.04. The fourth-order valence-electron chi connectivity index (χ4n) is 1.17. The summed E-state index contributed by atoms with van der Waals surface area (Å²) in [6.07, 6.45) is -0.583. The lowest BCUT2D eigenvalue weighted by atomic mass is 10.0. The molecule has 4 heteroatoms. The van der Waals surface area contributed by atoms with Crippen molar-refractivity contribution in [3.05, 3.63) is 35.9 Å². The number of nitrogens with two attached hydrogens (primary N) is 2. The molecule has 0 heterocycles. The highest BCUT2D eigenvalue weighted by molar-refractivity contribution is 5.80. The van der Waals surface area contributed by atoms with E-state index < -0.39 is 18.1 Å². The molecule has 0 bridgehead atoms. The topological polar surface area (TPSA) is 89.3 Å². The largest absolute Gasteiger partial charge is 0.391 e. The zero-order valence-electron chi connectivity index (χ0n) is 7.76. The Kier molecular flexibility index (Phi) is 3.62. The van der Waals surface area contributed by atoms with Crippen molar-refractivity contribution >= 4 is 5.91 Å². The highest BCUT2D eigenvalue weighted by Gasteiger charge is 2.19. The Bertz CT molecular complexity index is 300. The van der Waals surface area contributed by atoms with E-state index in [9.17, 15) is 9.90 Å². The van der Waals surface area contributed by atoms with Crippen LogP contribution in [-0.4, -0.2) is 23.2 Å². The fourth-order valence-corrected chi connectivity index (χ4v) is 1.17. The molecular weight excluding hydrogens is 180 g/mol. The van der Waals surface area contributed by atoms with E-state index in [1.165, 1.54) is 0 Å². The molecule has 1 aromatic rings. The maximum absolute atomic E-state index is 10.7. The van der Waals surface area contributed by atoms with Gasteiger partial charge in [0.1, 0.15) is 6.04 Å². The Hall–Kier alpha value is -1.39. The SMILES string of the molecule is NC(=O)C(N)C(O)Cc1ccccc1. The first kappa shape index (κ1) is 10.7. The number of carbonyl (C=O) groups is 1. The van der Waals surface area contributed by atoms with Gasteiger partial charge in [0, 0.05) is 6.42 Å². The molecule has 0 aliphatic carbocycles. The van der Waals surface area contributed by atoms with Crippen molar-refractivity contribution < 1.29 is 9.90 Å². The minimum Gasteiger partial charge on any atom is -0.391 e. The third-order valence-electron chi connectivity index (χ3n) is 2.03. The Morgan fingerprint density at radius 1 is 1.36 bits per heavy atom. The molecule has 0 saturated carbocycles. The summed E-state index contributed by atoms with van der Waals surface area (Å²) in [6.45, 7) is 0. The van der Waals surface area contributed by atoms with Crippen molar-refractivity contribution in [3.63, 3.8) is 0 Å². The summed E-state index contributed by atoms with van der Waals surface area (Å²) < 4.78 is 0. The molecule has 0 aliphatic heterocycles. The fraction of sp³-hybridized carbons (Fsp3) is 0.300. The molecule has 0 spiro atoms. The molecule has 14 heavy (non-hydrogen) atoms. The van der Waals surface area contributed by atoms with Gasteiger partial charge in [-0.1, -0.05) is 30.3 Å². The van der Waals surface area contributed by atoms with Crippen molar-refractivity contribution in [1.29, 1.82) is 0 Å². The van der Waals surface area contributed by atoms with Crippen LogP contribution in [0.3, 0.4) is 0 Å². The summed E-state index contributed by atoms with van der Waals surface area (Å²) in [5, 5.41) is 9.52. The lowest BCUT2D eigenvalue weighted by molar-refractivity contribution is -0.121. The summed E-state index contributed by atoms with van der Waals surface area (Å²) in [4.78, 5) is 10.7. The van der Waals surface area contributed by atoms with Gasteiger partial charge in [0.05, 0.1) is 6.10 Å². The molecule has 2 unspecified atom stereocenters. The quantitative estimate of drug-likeness (QED) is 0.598. The van der Waals surface area contributed by atoms with Gasteiger partial charge in [0.2, 0.25) is 5.91 Å². The van der Waals surface area contributed by atoms with Gasteiger partial charge in [-0.15, -0.1) is 0 Å². The van der Waals surface area contributed by atoms with Gasteiger partial charge in [-0.2, -0.15) is 0 Å². The predicted octanol–water partition coefficient (Wildman–Crippen LogP) is -0.597. The molecule has 0 aromatic heterocycles. The van der Waals surface area contributed by atoms with Crippen molar-refractivity contribution in [2.45, 2.75) is 18.6 Å². The van der Waals surface area contributed by atoms with E-state index in [1.54, 1.807) is 0 Å². The third kappa shape index (κ3) is 2.83. The molecule has 2 atom stereocenters. The van der Waals surface area contributed by atoms with Crippen LogP contribution in [0.2, 0.25) is 0 Å². The molecule has 0 fully saturated rings. The molecule has 0 aliphatic rings. The molecule has 0 radical (unpaired) electrons. The van der Waals surface area contributed by atoms with E-state index >= 15 is 0 Å². The van der Waals surface area contributed by atoms with Gasteiger partial charge >= 0.3 is 0 Å². The zero-order chi connectivity index (χ0) is 10.6. The Morgan fingerprint density at radius 3 is 2.43 bits per heavy atom. The molecule has 1 amide bonds. The summed E-state index contributed by atoms with van der Waals surface area (Å²) >= 11 is 0. The number of benzene rings is 1.